The monoisotopic (exact) mass is 428 g/mol. The molecule has 1 spiro atoms. The van der Waals surface area contributed by atoms with Crippen LogP contribution < -0.4 is 16.0 Å². The SMILES string of the molecule is CN1C(=O)NC(=O)[C@@]12Cc1ccc(NC(=O)CNCc3ccc4ccccc4c3)cc1C2. The largest absolute Gasteiger partial charge is 0.325 e. The van der Waals surface area contributed by atoms with E-state index in [-0.39, 0.29) is 24.4 Å². The Bertz CT molecular complexity index is 1250. The number of imide groups is 1. The minimum absolute atomic E-state index is 0.135. The average molecular weight is 428 g/mol. The molecule has 0 aromatic heterocycles. The van der Waals surface area contributed by atoms with Gasteiger partial charge in [-0.3, -0.25) is 14.9 Å². The summed E-state index contributed by atoms with van der Waals surface area (Å²) in [6.07, 6.45) is 0.929. The van der Waals surface area contributed by atoms with Crippen LogP contribution in [-0.2, 0) is 29.0 Å². The van der Waals surface area contributed by atoms with Gasteiger partial charge in [0.15, 0.2) is 0 Å². The second kappa shape index (κ2) is 7.76. The molecule has 32 heavy (non-hydrogen) atoms. The molecule has 1 saturated heterocycles. The first kappa shape index (κ1) is 20.2. The first-order valence-electron chi connectivity index (χ1n) is 10.6. The van der Waals surface area contributed by atoms with Crippen molar-refractivity contribution in [1.29, 1.82) is 0 Å². The second-order valence-electron chi connectivity index (χ2n) is 8.52. The molecule has 1 atom stereocenters. The molecular formula is C25H24N4O3. The number of likely N-dealkylation sites (N-methyl/N-ethyl adjacent to an activating group) is 1. The van der Waals surface area contributed by atoms with Gasteiger partial charge in [-0.25, -0.2) is 4.79 Å². The molecular weight excluding hydrogens is 404 g/mol. The van der Waals surface area contributed by atoms with Crippen molar-refractivity contribution in [2.24, 2.45) is 0 Å². The van der Waals surface area contributed by atoms with Crippen LogP contribution in [0.5, 0.6) is 0 Å². The van der Waals surface area contributed by atoms with Crippen molar-refractivity contribution in [3.63, 3.8) is 0 Å². The van der Waals surface area contributed by atoms with Crippen molar-refractivity contribution in [3.8, 4) is 0 Å². The number of nitrogens with one attached hydrogen (secondary N) is 3. The standard InChI is InChI=1S/C25H24N4O3/c1-29-24(32)28-23(31)25(29)12-19-8-9-21(11-20(19)13-25)27-22(30)15-26-14-16-6-7-17-4-2-3-5-18(17)10-16/h2-11,26H,12-15H2,1H3,(H,27,30)(H,28,31,32)/t25-/m0/s1. The number of anilines is 1. The van der Waals surface area contributed by atoms with Crippen LogP contribution >= 0.6 is 0 Å². The number of benzene rings is 3. The Balaban J connectivity index is 1.19. The molecule has 1 aliphatic heterocycles. The zero-order valence-corrected chi connectivity index (χ0v) is 17.8. The molecule has 3 aromatic rings. The number of carbonyl (C=O) groups excluding carboxylic acids is 3. The number of amides is 4. The molecule has 0 saturated carbocycles. The van der Waals surface area contributed by atoms with Crippen molar-refractivity contribution >= 4 is 34.3 Å². The van der Waals surface area contributed by atoms with Gasteiger partial charge >= 0.3 is 6.03 Å². The quantitative estimate of drug-likeness (QED) is 0.545. The highest BCUT2D eigenvalue weighted by Gasteiger charge is 2.54. The molecule has 4 amide bonds. The molecule has 1 heterocycles. The summed E-state index contributed by atoms with van der Waals surface area (Å²) < 4.78 is 0. The third-order valence-electron chi connectivity index (χ3n) is 6.47. The third kappa shape index (κ3) is 3.50. The van der Waals surface area contributed by atoms with Crippen molar-refractivity contribution < 1.29 is 14.4 Å². The number of hydrogen-bond acceptors (Lipinski definition) is 4. The lowest BCUT2D eigenvalue weighted by molar-refractivity contribution is -0.125. The summed E-state index contributed by atoms with van der Waals surface area (Å²) >= 11 is 0. The van der Waals surface area contributed by atoms with Crippen molar-refractivity contribution in [2.75, 3.05) is 18.9 Å². The topological polar surface area (TPSA) is 90.5 Å². The zero-order valence-electron chi connectivity index (χ0n) is 17.8. The summed E-state index contributed by atoms with van der Waals surface area (Å²) in [5, 5.41) is 10.9. The number of hydrogen-bond donors (Lipinski definition) is 3. The lowest BCUT2D eigenvalue weighted by atomic mass is 9.95. The lowest BCUT2D eigenvalue weighted by Crippen LogP contribution is -2.48. The molecule has 7 nitrogen and oxygen atoms in total. The minimum atomic E-state index is -0.858. The zero-order chi connectivity index (χ0) is 22.3. The normalized spacial score (nSPS) is 19.5. The van der Waals surface area contributed by atoms with Gasteiger partial charge in [0.25, 0.3) is 5.91 Å². The first-order chi connectivity index (χ1) is 15.4. The van der Waals surface area contributed by atoms with Crippen LogP contribution in [-0.4, -0.2) is 41.9 Å². The highest BCUT2D eigenvalue weighted by Crippen LogP contribution is 2.38. The van der Waals surface area contributed by atoms with E-state index < -0.39 is 5.54 Å². The van der Waals surface area contributed by atoms with Crippen LogP contribution in [0.3, 0.4) is 0 Å². The van der Waals surface area contributed by atoms with Crippen LogP contribution in [0.1, 0.15) is 16.7 Å². The summed E-state index contributed by atoms with van der Waals surface area (Å²) in [4.78, 5) is 38.2. The maximum Gasteiger partial charge on any atom is 0.324 e. The fourth-order valence-electron chi connectivity index (χ4n) is 4.65. The molecule has 3 aromatic carbocycles. The van der Waals surface area contributed by atoms with E-state index in [2.05, 4.69) is 46.3 Å². The van der Waals surface area contributed by atoms with Crippen LogP contribution in [0.15, 0.2) is 60.7 Å². The highest BCUT2D eigenvalue weighted by atomic mass is 16.2. The molecule has 3 N–H and O–H groups in total. The summed E-state index contributed by atoms with van der Waals surface area (Å²) in [6, 6.07) is 19.7. The fourth-order valence-corrected chi connectivity index (χ4v) is 4.65. The van der Waals surface area contributed by atoms with Crippen molar-refractivity contribution in [1.82, 2.24) is 15.5 Å². The first-order valence-corrected chi connectivity index (χ1v) is 10.6. The summed E-state index contributed by atoms with van der Waals surface area (Å²) in [5.74, 6) is -0.394. The molecule has 1 fully saturated rings. The number of rotatable bonds is 5. The summed E-state index contributed by atoms with van der Waals surface area (Å²) in [5.41, 5.74) is 2.94. The Kier molecular flexibility index (Phi) is 4.90. The Morgan fingerprint density at radius 2 is 1.78 bits per heavy atom. The molecule has 7 heteroatoms. The van der Waals surface area contributed by atoms with Gasteiger partial charge in [-0.05, 0) is 45.7 Å². The smallest absolute Gasteiger partial charge is 0.324 e. The molecule has 5 rings (SSSR count). The van der Waals surface area contributed by atoms with E-state index in [4.69, 9.17) is 0 Å². The van der Waals surface area contributed by atoms with E-state index in [1.165, 1.54) is 15.7 Å². The van der Waals surface area contributed by atoms with E-state index in [0.29, 0.717) is 25.1 Å². The maximum absolute atomic E-state index is 12.4. The summed E-state index contributed by atoms with van der Waals surface area (Å²) in [7, 11) is 1.65. The molecule has 0 bridgehead atoms. The maximum atomic E-state index is 12.4. The van der Waals surface area contributed by atoms with Gasteiger partial charge in [-0.1, -0.05) is 42.5 Å². The van der Waals surface area contributed by atoms with Crippen LogP contribution in [0.25, 0.3) is 10.8 Å². The Morgan fingerprint density at radius 3 is 2.56 bits per heavy atom. The van der Waals surface area contributed by atoms with Gasteiger partial charge in [-0.2, -0.15) is 0 Å². The van der Waals surface area contributed by atoms with Gasteiger partial charge in [0, 0.05) is 32.1 Å². The predicted octanol–water partition coefficient (Wildman–Crippen LogP) is 2.59. The number of nitrogens with zero attached hydrogens (tertiary/aromatic N) is 1. The molecule has 1 aliphatic carbocycles. The Labute approximate surface area is 185 Å². The predicted molar refractivity (Wildman–Crippen MR) is 122 cm³/mol. The van der Waals surface area contributed by atoms with Crippen LogP contribution in [0, 0.1) is 0 Å². The molecule has 162 valence electrons. The second-order valence-corrected chi connectivity index (χ2v) is 8.52. The van der Waals surface area contributed by atoms with Gasteiger partial charge in [-0.15, -0.1) is 0 Å². The van der Waals surface area contributed by atoms with Gasteiger partial charge in [0.2, 0.25) is 5.91 Å². The van der Waals surface area contributed by atoms with E-state index >= 15 is 0 Å². The Hall–Kier alpha value is -3.71. The fraction of sp³-hybridized carbons (Fsp3) is 0.240. The molecule has 0 radical (unpaired) electrons. The third-order valence-corrected chi connectivity index (χ3v) is 6.47. The van der Waals surface area contributed by atoms with Crippen molar-refractivity contribution in [3.05, 3.63) is 77.4 Å². The lowest BCUT2D eigenvalue weighted by Gasteiger charge is -2.27. The average Bonchev–Trinajstić information content (AvgIpc) is 3.26. The van der Waals surface area contributed by atoms with Gasteiger partial charge < -0.3 is 15.5 Å². The number of fused-ring (bicyclic) bond motifs is 2. The van der Waals surface area contributed by atoms with E-state index in [1.807, 2.05) is 30.3 Å². The van der Waals surface area contributed by atoms with E-state index in [9.17, 15) is 14.4 Å². The van der Waals surface area contributed by atoms with Crippen molar-refractivity contribution in [2.45, 2.75) is 24.9 Å². The van der Waals surface area contributed by atoms with Crippen LogP contribution in [0.2, 0.25) is 0 Å². The summed E-state index contributed by atoms with van der Waals surface area (Å²) in [6.45, 7) is 0.786. The highest BCUT2D eigenvalue weighted by molar-refractivity contribution is 6.07. The van der Waals surface area contributed by atoms with E-state index in [0.717, 1.165) is 16.7 Å². The van der Waals surface area contributed by atoms with Gasteiger partial charge in [0.1, 0.15) is 5.54 Å². The van der Waals surface area contributed by atoms with Gasteiger partial charge in [0.05, 0.1) is 6.54 Å². The molecule has 2 aliphatic rings. The molecule has 0 unspecified atom stereocenters. The number of urea groups is 1. The number of carbonyl (C=O) groups is 3. The van der Waals surface area contributed by atoms with Crippen LogP contribution in [0.4, 0.5) is 10.5 Å². The minimum Gasteiger partial charge on any atom is -0.325 e. The van der Waals surface area contributed by atoms with E-state index in [1.54, 1.807) is 7.05 Å². The Morgan fingerprint density at radius 1 is 1.00 bits per heavy atom.